The number of hydrogen-bond donors (Lipinski definition) is 3. The fraction of sp³-hybridized carbons (Fsp3) is 0.800. The van der Waals surface area contributed by atoms with E-state index in [2.05, 4.69) is 16.1 Å². The number of nitrogens with one attached hydrogen (secondary N) is 3. The lowest BCUT2D eigenvalue weighted by molar-refractivity contribution is -0.150. The van der Waals surface area contributed by atoms with Crippen LogP contribution in [0.5, 0.6) is 0 Å². The van der Waals surface area contributed by atoms with E-state index in [1.807, 2.05) is 13.8 Å². The fourth-order valence-electron chi connectivity index (χ4n) is 5.60. The average Bonchev–Trinajstić information content (AvgIpc) is 3.56. The summed E-state index contributed by atoms with van der Waals surface area (Å²) in [6, 6.07) is -1.68. The highest BCUT2D eigenvalue weighted by Gasteiger charge is 2.51. The zero-order valence-electron chi connectivity index (χ0n) is 22.0. The van der Waals surface area contributed by atoms with Gasteiger partial charge in [-0.25, -0.2) is 9.40 Å². The van der Waals surface area contributed by atoms with Gasteiger partial charge >= 0.3 is 0 Å². The summed E-state index contributed by atoms with van der Waals surface area (Å²) in [6.45, 7) is 7.86. The lowest BCUT2D eigenvalue weighted by atomic mass is 9.93. The average molecular weight is 544 g/mol. The maximum Gasteiger partial charge on any atom is 0.291 e. The Kier molecular flexibility index (Phi) is 9.77. The molecule has 1 aliphatic carbocycles. The topological polar surface area (TPSA) is 128 Å². The summed E-state index contributed by atoms with van der Waals surface area (Å²) in [5, 5.41) is 6.28. The molecular weight excluding hydrogens is 505 g/mol. The summed E-state index contributed by atoms with van der Waals surface area (Å²) in [5.41, 5.74) is 0.0884. The molecule has 0 spiro atoms. The first-order valence-electron chi connectivity index (χ1n) is 13.2. The first-order chi connectivity index (χ1) is 17.5. The van der Waals surface area contributed by atoms with E-state index in [0.717, 1.165) is 24.3 Å². The molecule has 3 fully saturated rings. The molecule has 5 amide bonds. The van der Waals surface area contributed by atoms with Crippen LogP contribution in [0.15, 0.2) is 0 Å². The second kappa shape index (κ2) is 12.4. The molecule has 2 saturated heterocycles. The minimum absolute atomic E-state index is 0.116. The van der Waals surface area contributed by atoms with Crippen molar-refractivity contribution in [2.75, 3.05) is 19.6 Å². The maximum atomic E-state index is 13.8. The van der Waals surface area contributed by atoms with E-state index in [1.54, 1.807) is 13.8 Å². The van der Waals surface area contributed by atoms with Crippen LogP contribution in [0.1, 0.15) is 59.8 Å². The molecule has 2 aliphatic heterocycles. The van der Waals surface area contributed by atoms with Crippen LogP contribution in [0.3, 0.4) is 0 Å². The first-order valence-corrected chi connectivity index (χ1v) is 13.7. The summed E-state index contributed by atoms with van der Waals surface area (Å²) < 4.78 is 13.8. The van der Waals surface area contributed by atoms with Gasteiger partial charge in [0.05, 0.1) is 12.5 Å². The molecule has 0 bridgehead atoms. The normalized spacial score (nSPS) is 27.3. The van der Waals surface area contributed by atoms with E-state index < -0.39 is 35.4 Å². The Balaban J connectivity index is 1.84. The zero-order valence-corrected chi connectivity index (χ0v) is 22.7. The molecule has 3 aliphatic rings. The predicted octanol–water partition coefficient (Wildman–Crippen LogP) is 1.33. The molecule has 12 heteroatoms. The summed E-state index contributed by atoms with van der Waals surface area (Å²) in [6.07, 6.45) is 3.59. The van der Waals surface area contributed by atoms with E-state index in [1.165, 1.54) is 4.90 Å². The van der Waals surface area contributed by atoms with E-state index in [-0.39, 0.29) is 47.9 Å². The van der Waals surface area contributed by atoms with Gasteiger partial charge in [0.2, 0.25) is 17.7 Å². The zero-order chi connectivity index (χ0) is 27.4. The maximum absolute atomic E-state index is 13.8. The summed E-state index contributed by atoms with van der Waals surface area (Å²) in [7, 11) is 0. The quantitative estimate of drug-likeness (QED) is 0.298. The number of amides is 5. The minimum atomic E-state index is -2.40. The third-order valence-corrected chi connectivity index (χ3v) is 8.19. The molecule has 0 aromatic rings. The van der Waals surface area contributed by atoms with E-state index in [9.17, 15) is 28.4 Å². The van der Waals surface area contributed by atoms with Crippen LogP contribution in [0.2, 0.25) is 0 Å². The van der Waals surface area contributed by atoms with Crippen molar-refractivity contribution in [1.82, 2.24) is 26.0 Å². The number of fused-ring (bicyclic) bond motifs is 1. The molecule has 0 aromatic carbocycles. The molecule has 3 N–H and O–H groups in total. The van der Waals surface area contributed by atoms with Gasteiger partial charge in [-0.1, -0.05) is 52.1 Å². The highest BCUT2D eigenvalue weighted by molar-refractivity contribution is 6.29. The number of nitrogens with zero attached hydrogens (tertiary/aromatic N) is 2. The largest absolute Gasteiger partial charge is 0.356 e. The van der Waals surface area contributed by atoms with Gasteiger partial charge in [0.25, 0.3) is 17.4 Å². The molecule has 3 rings (SSSR count). The Morgan fingerprint density at radius 3 is 2.46 bits per heavy atom. The van der Waals surface area contributed by atoms with Crippen molar-refractivity contribution in [3.05, 3.63) is 0 Å². The molecule has 2 heterocycles. The van der Waals surface area contributed by atoms with Crippen LogP contribution in [-0.4, -0.2) is 76.8 Å². The fourth-order valence-corrected chi connectivity index (χ4v) is 5.71. The van der Waals surface area contributed by atoms with Crippen molar-refractivity contribution in [3.63, 3.8) is 0 Å². The van der Waals surface area contributed by atoms with Crippen LogP contribution in [0.4, 0.5) is 4.39 Å². The molecule has 10 nitrogen and oxygen atoms in total. The second-order valence-corrected chi connectivity index (χ2v) is 11.2. The third kappa shape index (κ3) is 6.53. The van der Waals surface area contributed by atoms with Gasteiger partial charge in [-0.05, 0) is 37.0 Å². The summed E-state index contributed by atoms with van der Waals surface area (Å²) in [5.74, 6) is -3.76. The van der Waals surface area contributed by atoms with Crippen molar-refractivity contribution >= 4 is 41.1 Å². The van der Waals surface area contributed by atoms with Crippen LogP contribution < -0.4 is 16.1 Å². The molecule has 3 unspecified atom stereocenters. The van der Waals surface area contributed by atoms with Crippen LogP contribution in [0, 0.1) is 29.6 Å². The van der Waals surface area contributed by atoms with Crippen molar-refractivity contribution in [3.8, 4) is 0 Å². The highest BCUT2D eigenvalue weighted by Crippen LogP contribution is 2.42. The molecule has 37 heavy (non-hydrogen) atoms. The van der Waals surface area contributed by atoms with Crippen molar-refractivity contribution in [1.29, 1.82) is 0 Å². The standard InChI is InChI=1S/C25H39ClFN5O5/c1-5-14(4)18(29-21(33)13(2)3)24(36)31-11-15-7-6-8-17(15)19(31)23(35)30-32(25(37)20(26)27)12-16-9-10-28-22(16)34/h13-20H,5-12H2,1-4H3,(H,28,34)(H,29,33)(H,30,35)/t14?,15-,16-,17-,18?,19-,20?/m0/s1. The van der Waals surface area contributed by atoms with Gasteiger partial charge in [-0.2, -0.15) is 0 Å². The number of carbonyl (C=O) groups excluding carboxylic acids is 5. The minimum Gasteiger partial charge on any atom is -0.356 e. The summed E-state index contributed by atoms with van der Waals surface area (Å²) >= 11 is 5.41. The van der Waals surface area contributed by atoms with Crippen molar-refractivity contribution < 1.29 is 28.4 Å². The van der Waals surface area contributed by atoms with Crippen molar-refractivity contribution in [2.24, 2.45) is 29.6 Å². The van der Waals surface area contributed by atoms with Gasteiger partial charge in [-0.15, -0.1) is 0 Å². The number of rotatable bonds is 9. The molecule has 0 radical (unpaired) electrons. The Morgan fingerprint density at radius 2 is 1.89 bits per heavy atom. The number of hydrazine groups is 1. The predicted molar refractivity (Wildman–Crippen MR) is 134 cm³/mol. The van der Waals surface area contributed by atoms with E-state index in [0.29, 0.717) is 25.9 Å². The Labute approximate surface area is 222 Å². The van der Waals surface area contributed by atoms with E-state index >= 15 is 0 Å². The highest BCUT2D eigenvalue weighted by atomic mass is 35.5. The Hall–Kier alpha value is -2.43. The smallest absolute Gasteiger partial charge is 0.291 e. The van der Waals surface area contributed by atoms with E-state index in [4.69, 9.17) is 11.6 Å². The van der Waals surface area contributed by atoms with Crippen LogP contribution in [0.25, 0.3) is 0 Å². The van der Waals surface area contributed by atoms with Gasteiger partial charge in [0.15, 0.2) is 0 Å². The number of carbonyl (C=O) groups is 5. The molecule has 1 saturated carbocycles. The SMILES string of the molecule is CCC(C)C(NC(=O)C(C)C)C(=O)N1C[C@@H]2CCC[C@@H]2[C@H]1C(=O)NN(C[C@@H]1CCNC1=O)C(=O)C(F)Cl. The monoisotopic (exact) mass is 543 g/mol. The van der Waals surface area contributed by atoms with Gasteiger partial charge in [0.1, 0.15) is 12.1 Å². The third-order valence-electron chi connectivity index (χ3n) is 8.01. The van der Waals surface area contributed by atoms with Gasteiger partial charge < -0.3 is 15.5 Å². The summed E-state index contributed by atoms with van der Waals surface area (Å²) in [4.78, 5) is 66.0. The number of likely N-dealkylation sites (tertiary alicyclic amines) is 1. The Bertz CT molecular complexity index is 903. The first kappa shape index (κ1) is 29.1. The van der Waals surface area contributed by atoms with Crippen LogP contribution >= 0.6 is 11.6 Å². The molecular formula is C25H39ClFN5O5. The molecule has 208 valence electrons. The van der Waals surface area contributed by atoms with Crippen molar-refractivity contribution in [2.45, 2.75) is 77.5 Å². The molecule has 7 atom stereocenters. The number of alkyl halides is 2. The number of hydrogen-bond acceptors (Lipinski definition) is 5. The number of halogens is 2. The van der Waals surface area contributed by atoms with Gasteiger partial charge in [0, 0.05) is 19.0 Å². The molecule has 0 aromatic heterocycles. The lowest BCUT2D eigenvalue weighted by Gasteiger charge is -2.34. The Morgan fingerprint density at radius 1 is 1.19 bits per heavy atom. The van der Waals surface area contributed by atoms with Crippen LogP contribution in [-0.2, 0) is 24.0 Å². The van der Waals surface area contributed by atoms with Gasteiger partial charge in [-0.3, -0.25) is 29.4 Å². The second-order valence-electron chi connectivity index (χ2n) is 10.8. The lowest BCUT2D eigenvalue weighted by Crippen LogP contribution is -2.60.